The van der Waals surface area contributed by atoms with Crippen LogP contribution in [-0.4, -0.2) is 51.8 Å². The van der Waals surface area contributed by atoms with Crippen LogP contribution in [0.5, 0.6) is 0 Å². The first-order valence-electron chi connectivity index (χ1n) is 18.2. The summed E-state index contributed by atoms with van der Waals surface area (Å²) in [4.78, 5) is 37.5. The van der Waals surface area contributed by atoms with E-state index >= 15 is 0 Å². The van der Waals surface area contributed by atoms with Crippen molar-refractivity contribution in [3.8, 4) is 0 Å². The summed E-state index contributed by atoms with van der Waals surface area (Å²) in [5, 5.41) is 18.9. The average Bonchev–Trinajstić information content (AvgIpc) is 3.84. The zero-order valence-corrected chi connectivity index (χ0v) is 31.2. The molecule has 51 heavy (non-hydrogen) atoms. The van der Waals surface area contributed by atoms with E-state index in [1.54, 1.807) is 0 Å². The Morgan fingerprint density at radius 2 is 1.69 bits per heavy atom. The van der Waals surface area contributed by atoms with Gasteiger partial charge in [0.1, 0.15) is 18.3 Å². The Kier molecular flexibility index (Phi) is 10.1. The number of H-pyrrole nitrogens is 3. The Morgan fingerprint density at radius 3 is 2.37 bits per heavy atom. The number of hydrogen-bond acceptors (Lipinski definition) is 6. The minimum absolute atomic E-state index is 0.0199. The summed E-state index contributed by atoms with van der Waals surface area (Å²) >= 11 is 0. The number of methoxy groups -OCH3 is 1. The van der Waals surface area contributed by atoms with Gasteiger partial charge in [-0.2, -0.15) is 0 Å². The Bertz CT molecular complexity index is 2220. The van der Waals surface area contributed by atoms with Gasteiger partial charge in [0, 0.05) is 56.6 Å². The molecule has 5 heterocycles. The number of nitrogens with one attached hydrogen (secondary N) is 4. The smallest absolute Gasteiger partial charge is 0.320 e. The molecule has 3 aromatic heterocycles. The van der Waals surface area contributed by atoms with Crippen molar-refractivity contribution in [3.05, 3.63) is 90.1 Å². The second-order valence-corrected chi connectivity index (χ2v) is 14.3. The van der Waals surface area contributed by atoms with Crippen molar-refractivity contribution >= 4 is 47.6 Å². The molecule has 5 N–H and O–H groups in total. The van der Waals surface area contributed by atoms with Crippen LogP contribution in [-0.2, 0) is 25.5 Å². The molecule has 3 aromatic rings. The highest BCUT2D eigenvalue weighted by Crippen LogP contribution is 2.42. The number of hydrogen-bond donors (Lipinski definition) is 5. The monoisotopic (exact) mass is 692 g/mol. The van der Waals surface area contributed by atoms with Gasteiger partial charge in [-0.3, -0.25) is 9.59 Å². The average molecular weight is 693 g/mol. The molecule has 0 radical (unpaired) electrons. The first-order chi connectivity index (χ1) is 24.4. The fraction of sp³-hybridized carbons (Fsp3) is 0.429. The Hall–Kier alpha value is -4.92. The van der Waals surface area contributed by atoms with Crippen molar-refractivity contribution < 1.29 is 24.2 Å². The number of carbonyl (C=O) groups excluding carboxylic acids is 2. The van der Waals surface area contributed by atoms with E-state index in [-0.39, 0.29) is 42.6 Å². The van der Waals surface area contributed by atoms with Crippen LogP contribution in [0.1, 0.15) is 98.3 Å². The number of rotatable bonds is 10. The van der Waals surface area contributed by atoms with Crippen LogP contribution in [0.2, 0.25) is 0 Å². The second kappa shape index (κ2) is 14.4. The first kappa shape index (κ1) is 35.9. The van der Waals surface area contributed by atoms with Gasteiger partial charge in [-0.1, -0.05) is 45.4 Å². The van der Waals surface area contributed by atoms with E-state index in [0.29, 0.717) is 17.0 Å². The molecule has 1 unspecified atom stereocenters. The number of aliphatic hydroxyl groups excluding tert-OH is 1. The third kappa shape index (κ3) is 6.32. The van der Waals surface area contributed by atoms with Crippen LogP contribution in [0.3, 0.4) is 0 Å². The van der Waals surface area contributed by atoms with E-state index < -0.39 is 11.9 Å². The SMILES string of the molecule is C=Cc1c2[nH]c(c1C)/C=C1\NC(C3=c4[nH]c(c(C)c4=C(O)[C@@H]3C(=O)OC)C=c3[nH]/c(c(C)c3CC)=C\2)[C@@H](CCC(=O)OC/C=C(\C)CCC)[C@@H]1C. The molecule has 0 aromatic carbocycles. The fourth-order valence-electron chi connectivity index (χ4n) is 8.41. The maximum atomic E-state index is 13.5. The normalized spacial score (nSPS) is 22.5. The van der Waals surface area contributed by atoms with E-state index in [1.807, 2.05) is 19.1 Å². The largest absolute Gasteiger partial charge is 0.510 e. The van der Waals surface area contributed by atoms with Crippen molar-refractivity contribution in [1.29, 1.82) is 0 Å². The van der Waals surface area contributed by atoms with Gasteiger partial charge in [-0.25, -0.2) is 0 Å². The topological polar surface area (TPSA) is 132 Å². The van der Waals surface area contributed by atoms with E-state index in [2.05, 4.69) is 86.6 Å². The Balaban J connectivity index is 1.56. The van der Waals surface area contributed by atoms with Crippen molar-refractivity contribution in [2.45, 2.75) is 86.6 Å². The van der Waals surface area contributed by atoms with Crippen molar-refractivity contribution in [2.24, 2.45) is 17.8 Å². The predicted octanol–water partition coefficient (Wildman–Crippen LogP) is 4.73. The third-order valence-corrected chi connectivity index (χ3v) is 11.3. The van der Waals surface area contributed by atoms with Crippen LogP contribution in [0.25, 0.3) is 35.6 Å². The minimum Gasteiger partial charge on any atom is -0.510 e. The standard InChI is InChI=1S/C42H52N4O5/c1-10-13-21(4)16-17-51-35(47)15-14-28-24(7)31-18-29-22(5)26(11-2)33(43-29)19-30-23(6)27(12-3)34(44-30)20-32-25(8)36-40(46-32)37(39(28)45-31)38(41(36)48)42(49)50-9/h11,16,18-20,24,28,38-39,43-46,48H,2,10,12-15,17H2,1,3-9H3/b21-16+,30-19-,31-18-,34-20?/t24-,28-,38+,39?/m0/s1. The fourth-order valence-corrected chi connectivity index (χ4v) is 8.41. The molecule has 1 saturated heterocycles. The zero-order chi connectivity index (χ0) is 36.7. The third-order valence-electron chi connectivity index (χ3n) is 11.3. The molecule has 8 bridgehead atoms. The van der Waals surface area contributed by atoms with Gasteiger partial charge in [-0.15, -0.1) is 0 Å². The van der Waals surface area contributed by atoms with Gasteiger partial charge >= 0.3 is 11.9 Å². The van der Waals surface area contributed by atoms with E-state index in [0.717, 1.165) is 75.0 Å². The highest BCUT2D eigenvalue weighted by Gasteiger charge is 2.47. The highest BCUT2D eigenvalue weighted by molar-refractivity contribution is 5.95. The zero-order valence-electron chi connectivity index (χ0n) is 31.2. The van der Waals surface area contributed by atoms with E-state index in [1.165, 1.54) is 23.8 Å². The number of aliphatic hydroxyl groups is 1. The van der Waals surface area contributed by atoms with Gasteiger partial charge in [0.05, 0.1) is 18.5 Å². The van der Waals surface area contributed by atoms with Crippen molar-refractivity contribution in [3.63, 3.8) is 0 Å². The van der Waals surface area contributed by atoms with E-state index in [4.69, 9.17) is 9.47 Å². The summed E-state index contributed by atoms with van der Waals surface area (Å²) in [5.74, 6) is -1.92. The predicted molar refractivity (Wildman–Crippen MR) is 203 cm³/mol. The lowest BCUT2D eigenvalue weighted by Gasteiger charge is -2.26. The van der Waals surface area contributed by atoms with E-state index in [9.17, 15) is 14.7 Å². The Labute approximate surface area is 299 Å². The van der Waals surface area contributed by atoms with Gasteiger partial charge in [0.25, 0.3) is 0 Å². The molecule has 3 aliphatic rings. The first-order valence-corrected chi connectivity index (χ1v) is 18.2. The van der Waals surface area contributed by atoms with Crippen LogP contribution < -0.4 is 26.6 Å². The second-order valence-electron chi connectivity index (χ2n) is 14.3. The summed E-state index contributed by atoms with van der Waals surface area (Å²) in [6.45, 7) is 19.1. The lowest BCUT2D eigenvalue weighted by Crippen LogP contribution is -2.38. The number of carbonyl (C=O) groups is 2. The number of ether oxygens (including phenoxy) is 2. The highest BCUT2D eigenvalue weighted by atomic mass is 16.5. The summed E-state index contributed by atoms with van der Waals surface area (Å²) < 4.78 is 10.9. The van der Waals surface area contributed by atoms with Crippen LogP contribution in [0.4, 0.5) is 0 Å². The van der Waals surface area contributed by atoms with Gasteiger partial charge in [-0.05, 0) is 105 Å². The number of aromatic amines is 3. The summed E-state index contributed by atoms with van der Waals surface area (Å²) in [7, 11) is 1.35. The van der Waals surface area contributed by atoms with Gasteiger partial charge < -0.3 is 34.8 Å². The molecular weight excluding hydrogens is 640 g/mol. The molecule has 2 aliphatic heterocycles. The molecule has 1 fully saturated rings. The lowest BCUT2D eigenvalue weighted by molar-refractivity contribution is -0.143. The van der Waals surface area contributed by atoms with Crippen molar-refractivity contribution in [1.82, 2.24) is 20.3 Å². The van der Waals surface area contributed by atoms with Crippen LogP contribution in [0.15, 0.2) is 23.9 Å². The summed E-state index contributed by atoms with van der Waals surface area (Å²) in [6.07, 6.45) is 13.8. The molecule has 0 spiro atoms. The van der Waals surface area contributed by atoms with Crippen LogP contribution >= 0.6 is 0 Å². The molecule has 9 heteroatoms. The van der Waals surface area contributed by atoms with Gasteiger partial charge in [0.2, 0.25) is 0 Å². The maximum Gasteiger partial charge on any atom is 0.320 e. The number of fused-ring (bicyclic) bond motifs is 8. The Morgan fingerprint density at radius 1 is 0.961 bits per heavy atom. The summed E-state index contributed by atoms with van der Waals surface area (Å²) in [5.41, 5.74) is 11.0. The molecule has 1 aliphatic carbocycles. The molecular formula is C42H52N4O5. The number of esters is 2. The lowest BCUT2D eigenvalue weighted by atomic mass is 9.80. The summed E-state index contributed by atoms with van der Waals surface area (Å²) in [6, 6.07) is -0.386. The quantitative estimate of drug-likeness (QED) is 0.154. The number of aromatic nitrogens is 3. The molecule has 270 valence electrons. The van der Waals surface area contributed by atoms with Crippen LogP contribution in [0, 0.1) is 38.5 Å². The molecule has 4 atom stereocenters. The molecule has 0 saturated carbocycles. The van der Waals surface area contributed by atoms with Crippen molar-refractivity contribution in [2.75, 3.05) is 13.7 Å². The molecule has 6 rings (SSSR count). The molecule has 0 amide bonds. The number of allylic oxidation sites excluding steroid dienone is 2. The molecule has 9 nitrogen and oxygen atoms in total. The minimum atomic E-state index is -0.987. The maximum absolute atomic E-state index is 13.5. The van der Waals surface area contributed by atoms with Gasteiger partial charge in [0.15, 0.2) is 0 Å².